The molecule has 0 aliphatic rings. The minimum atomic E-state index is -2.93. The van der Waals surface area contributed by atoms with Crippen LogP contribution in [0.3, 0.4) is 0 Å². The van der Waals surface area contributed by atoms with Crippen LogP contribution in [0.15, 0.2) is 0 Å². The molecule has 0 amide bonds. The van der Waals surface area contributed by atoms with Gasteiger partial charge in [-0.25, -0.2) is 0 Å². The lowest BCUT2D eigenvalue weighted by Crippen LogP contribution is -2.50. The summed E-state index contributed by atoms with van der Waals surface area (Å²) in [6, 6.07) is 0.302. The van der Waals surface area contributed by atoms with Crippen LogP contribution in [0.1, 0.15) is 48.0 Å². The molecule has 0 aliphatic carbocycles. The Hall–Kier alpha value is -0.433. The molecule has 18 heavy (non-hydrogen) atoms. The molecule has 0 rings (SSSR count). The standard InChI is InChI=1S/C12H26O5Si/c1-9(2)15-18(16-10(3)4,17-11(5)6)8-7-12(13)14/h9-11H,7-8H2,1-6H3,(H,13,14). The van der Waals surface area contributed by atoms with Gasteiger partial charge in [0.1, 0.15) is 0 Å². The second-order valence-corrected chi connectivity index (χ2v) is 7.65. The van der Waals surface area contributed by atoms with Crippen molar-refractivity contribution >= 4 is 14.8 Å². The summed E-state index contributed by atoms with van der Waals surface area (Å²) in [6.45, 7) is 11.4. The third-order valence-electron chi connectivity index (χ3n) is 1.89. The molecule has 0 atom stereocenters. The van der Waals surface area contributed by atoms with Crippen LogP contribution >= 0.6 is 0 Å². The maximum Gasteiger partial charge on any atom is 0.502 e. The smallest absolute Gasteiger partial charge is 0.481 e. The summed E-state index contributed by atoms with van der Waals surface area (Å²) in [4.78, 5) is 10.8. The number of rotatable bonds is 9. The van der Waals surface area contributed by atoms with E-state index in [2.05, 4.69) is 0 Å². The fourth-order valence-corrected chi connectivity index (χ4v) is 4.79. The molecule has 0 saturated heterocycles. The van der Waals surface area contributed by atoms with Crippen molar-refractivity contribution in [2.24, 2.45) is 0 Å². The molecular weight excluding hydrogens is 252 g/mol. The fraction of sp³-hybridized carbons (Fsp3) is 0.917. The van der Waals surface area contributed by atoms with Crippen molar-refractivity contribution < 1.29 is 23.2 Å². The fourth-order valence-electron chi connectivity index (χ4n) is 1.60. The van der Waals surface area contributed by atoms with Crippen LogP contribution in [-0.4, -0.2) is 38.2 Å². The topological polar surface area (TPSA) is 65.0 Å². The van der Waals surface area contributed by atoms with Gasteiger partial charge in [0, 0.05) is 30.8 Å². The number of aliphatic carboxylic acids is 1. The number of carbonyl (C=O) groups is 1. The van der Waals surface area contributed by atoms with E-state index in [0.717, 1.165) is 0 Å². The maximum atomic E-state index is 10.8. The molecule has 0 saturated carbocycles. The predicted molar refractivity (Wildman–Crippen MR) is 71.5 cm³/mol. The maximum absolute atomic E-state index is 10.8. The number of carboxylic acid groups (broad SMARTS) is 1. The van der Waals surface area contributed by atoms with E-state index in [1.165, 1.54) is 0 Å². The normalized spacial score (nSPS) is 12.7. The summed E-state index contributed by atoms with van der Waals surface area (Å²) in [6.07, 6.45) is -0.160. The van der Waals surface area contributed by atoms with Gasteiger partial charge in [0.25, 0.3) is 0 Å². The second kappa shape index (κ2) is 7.88. The van der Waals surface area contributed by atoms with Crippen molar-refractivity contribution in [1.82, 2.24) is 0 Å². The monoisotopic (exact) mass is 278 g/mol. The molecule has 0 fully saturated rings. The Morgan fingerprint density at radius 1 is 0.944 bits per heavy atom. The quantitative estimate of drug-likeness (QED) is 0.657. The zero-order valence-corrected chi connectivity index (χ0v) is 13.2. The van der Waals surface area contributed by atoms with E-state index in [0.29, 0.717) is 6.04 Å². The van der Waals surface area contributed by atoms with Crippen LogP contribution in [-0.2, 0) is 18.1 Å². The van der Waals surface area contributed by atoms with E-state index < -0.39 is 14.8 Å². The van der Waals surface area contributed by atoms with Crippen LogP contribution in [0.25, 0.3) is 0 Å². The van der Waals surface area contributed by atoms with E-state index in [1.807, 2.05) is 41.5 Å². The molecule has 0 spiro atoms. The van der Waals surface area contributed by atoms with Gasteiger partial charge in [0.05, 0.1) is 0 Å². The first kappa shape index (κ1) is 17.6. The third-order valence-corrected chi connectivity index (χ3v) is 5.24. The highest BCUT2D eigenvalue weighted by atomic mass is 28.4. The van der Waals surface area contributed by atoms with Gasteiger partial charge in [0.2, 0.25) is 0 Å². The molecule has 0 aliphatic heterocycles. The minimum Gasteiger partial charge on any atom is -0.481 e. The zero-order valence-electron chi connectivity index (χ0n) is 12.2. The molecule has 0 aromatic carbocycles. The minimum absolute atomic E-state index is 0.00160. The second-order valence-electron chi connectivity index (χ2n) is 5.08. The Labute approximate surface area is 111 Å². The summed E-state index contributed by atoms with van der Waals surface area (Å²) in [7, 11) is -2.93. The Balaban J connectivity index is 4.91. The molecule has 5 nitrogen and oxygen atoms in total. The van der Waals surface area contributed by atoms with E-state index in [1.54, 1.807) is 0 Å². The Kier molecular flexibility index (Phi) is 7.69. The average molecular weight is 278 g/mol. The lowest BCUT2D eigenvalue weighted by molar-refractivity contribution is -0.137. The molecule has 0 radical (unpaired) electrons. The molecule has 6 heteroatoms. The van der Waals surface area contributed by atoms with Gasteiger partial charge in [-0.05, 0) is 41.5 Å². The van der Waals surface area contributed by atoms with Crippen LogP contribution in [0.5, 0.6) is 0 Å². The van der Waals surface area contributed by atoms with E-state index in [9.17, 15) is 4.79 Å². The Morgan fingerprint density at radius 3 is 1.50 bits per heavy atom. The van der Waals surface area contributed by atoms with Gasteiger partial charge in [-0.15, -0.1) is 0 Å². The van der Waals surface area contributed by atoms with Crippen molar-refractivity contribution in [2.45, 2.75) is 72.3 Å². The van der Waals surface area contributed by atoms with Crippen LogP contribution in [0, 0.1) is 0 Å². The van der Waals surface area contributed by atoms with Gasteiger partial charge in [0.15, 0.2) is 0 Å². The average Bonchev–Trinajstić information content (AvgIpc) is 2.11. The highest BCUT2D eigenvalue weighted by Gasteiger charge is 2.44. The van der Waals surface area contributed by atoms with Crippen molar-refractivity contribution in [3.05, 3.63) is 0 Å². The summed E-state index contributed by atoms with van der Waals surface area (Å²) in [5, 5.41) is 8.83. The zero-order chi connectivity index (χ0) is 14.3. The first-order valence-corrected chi connectivity index (χ1v) is 8.35. The highest BCUT2D eigenvalue weighted by Crippen LogP contribution is 2.23. The van der Waals surface area contributed by atoms with Gasteiger partial charge in [-0.1, -0.05) is 0 Å². The summed E-state index contributed by atoms with van der Waals surface area (Å²) >= 11 is 0. The third kappa shape index (κ3) is 7.81. The molecule has 1 N–H and O–H groups in total. The number of hydrogen-bond acceptors (Lipinski definition) is 4. The van der Waals surface area contributed by atoms with Crippen LogP contribution in [0.4, 0.5) is 0 Å². The highest BCUT2D eigenvalue weighted by molar-refractivity contribution is 6.61. The molecule has 0 unspecified atom stereocenters. The first-order chi connectivity index (χ1) is 8.17. The van der Waals surface area contributed by atoms with Crippen molar-refractivity contribution in [3.63, 3.8) is 0 Å². The van der Waals surface area contributed by atoms with Gasteiger partial charge < -0.3 is 18.4 Å². The summed E-state index contributed by atoms with van der Waals surface area (Å²) in [5.74, 6) is -0.862. The van der Waals surface area contributed by atoms with Crippen LogP contribution < -0.4 is 0 Å². The summed E-state index contributed by atoms with van der Waals surface area (Å²) < 4.78 is 17.5. The van der Waals surface area contributed by atoms with Gasteiger partial charge >= 0.3 is 14.8 Å². The largest absolute Gasteiger partial charge is 0.502 e. The van der Waals surface area contributed by atoms with Crippen LogP contribution in [0.2, 0.25) is 6.04 Å². The lowest BCUT2D eigenvalue weighted by atomic mass is 10.5. The van der Waals surface area contributed by atoms with Crippen molar-refractivity contribution in [1.29, 1.82) is 0 Å². The van der Waals surface area contributed by atoms with Crippen molar-refractivity contribution in [3.8, 4) is 0 Å². The SMILES string of the molecule is CC(C)O[Si](CCC(=O)O)(OC(C)C)OC(C)C. The first-order valence-electron chi connectivity index (χ1n) is 6.42. The molecular formula is C12H26O5Si. The molecule has 0 aromatic rings. The molecule has 0 heterocycles. The van der Waals surface area contributed by atoms with Crippen molar-refractivity contribution in [2.75, 3.05) is 0 Å². The lowest BCUT2D eigenvalue weighted by Gasteiger charge is -2.34. The van der Waals surface area contributed by atoms with E-state index >= 15 is 0 Å². The Bertz CT molecular complexity index is 226. The summed E-state index contributed by atoms with van der Waals surface area (Å²) in [5.41, 5.74) is 0. The Morgan fingerprint density at radius 2 is 1.28 bits per heavy atom. The molecule has 108 valence electrons. The van der Waals surface area contributed by atoms with Gasteiger partial charge in [-0.2, -0.15) is 0 Å². The molecule has 0 aromatic heterocycles. The van der Waals surface area contributed by atoms with E-state index in [4.69, 9.17) is 18.4 Å². The number of carboxylic acids is 1. The van der Waals surface area contributed by atoms with E-state index in [-0.39, 0.29) is 24.7 Å². The predicted octanol–water partition coefficient (Wildman–Crippen LogP) is 2.68. The molecule has 0 bridgehead atoms. The van der Waals surface area contributed by atoms with Gasteiger partial charge in [-0.3, -0.25) is 4.79 Å². The number of hydrogen-bond donors (Lipinski definition) is 1.